The number of carboxylic acids is 1. The molecule has 0 saturated carbocycles. The molecule has 0 aliphatic carbocycles. The normalized spacial score (nSPS) is 11.4. The lowest BCUT2D eigenvalue weighted by Gasteiger charge is -2.10. The Morgan fingerprint density at radius 3 is 2.71 bits per heavy atom. The summed E-state index contributed by atoms with van der Waals surface area (Å²) in [5, 5.41) is 15.6. The van der Waals surface area contributed by atoms with Crippen molar-refractivity contribution < 1.29 is 27.8 Å². The number of ether oxygens (including phenoxy) is 1. The van der Waals surface area contributed by atoms with E-state index < -0.39 is 24.4 Å². The molecule has 0 spiro atoms. The summed E-state index contributed by atoms with van der Waals surface area (Å²) in [5.74, 6) is -1.08. The van der Waals surface area contributed by atoms with Crippen molar-refractivity contribution in [3.05, 3.63) is 30.0 Å². The van der Waals surface area contributed by atoms with E-state index in [1.807, 2.05) is 0 Å². The maximum atomic E-state index is 12.5. The predicted molar refractivity (Wildman–Crippen MR) is 65.0 cm³/mol. The van der Waals surface area contributed by atoms with Crippen molar-refractivity contribution in [1.29, 1.82) is 0 Å². The first-order valence-electron chi connectivity index (χ1n) is 5.70. The summed E-state index contributed by atoms with van der Waals surface area (Å²) in [6.45, 7) is -1.43. The van der Waals surface area contributed by atoms with Gasteiger partial charge in [0.25, 0.3) is 0 Å². The molecule has 6 nitrogen and oxygen atoms in total. The summed E-state index contributed by atoms with van der Waals surface area (Å²) in [4.78, 5) is 11.1. The quantitative estimate of drug-likeness (QED) is 0.937. The number of aromatic nitrogens is 3. The highest BCUT2D eigenvalue weighted by Gasteiger charge is 2.32. The van der Waals surface area contributed by atoms with Gasteiger partial charge in [-0.05, 0) is 12.1 Å². The van der Waals surface area contributed by atoms with Gasteiger partial charge in [0.15, 0.2) is 5.69 Å². The van der Waals surface area contributed by atoms with Gasteiger partial charge in [0.05, 0.1) is 7.11 Å². The van der Waals surface area contributed by atoms with Crippen LogP contribution in [0.3, 0.4) is 0 Å². The smallest absolute Gasteiger partial charge is 0.408 e. The number of methoxy groups -OCH3 is 1. The van der Waals surface area contributed by atoms with Gasteiger partial charge >= 0.3 is 12.1 Å². The first kappa shape index (κ1) is 14.8. The molecule has 1 aromatic heterocycles. The zero-order valence-corrected chi connectivity index (χ0v) is 10.8. The van der Waals surface area contributed by atoms with Crippen LogP contribution in [0.25, 0.3) is 11.3 Å². The van der Waals surface area contributed by atoms with Gasteiger partial charge in [0.2, 0.25) is 0 Å². The molecule has 0 saturated heterocycles. The molecule has 0 aliphatic rings. The molecule has 0 unspecified atom stereocenters. The van der Waals surface area contributed by atoms with Crippen molar-refractivity contribution in [2.75, 3.05) is 7.11 Å². The number of hydrogen-bond acceptors (Lipinski definition) is 4. The van der Waals surface area contributed by atoms with Gasteiger partial charge in [-0.3, -0.25) is 0 Å². The number of nitrogens with zero attached hydrogens (tertiary/aromatic N) is 3. The Labute approximate surface area is 116 Å². The lowest BCUT2D eigenvalue weighted by atomic mass is 10.1. The molecule has 2 aromatic rings. The highest BCUT2D eigenvalue weighted by molar-refractivity contribution is 5.92. The van der Waals surface area contributed by atoms with E-state index in [1.54, 1.807) is 6.07 Å². The lowest BCUT2D eigenvalue weighted by Crippen LogP contribution is -2.19. The highest BCUT2D eigenvalue weighted by atomic mass is 19.4. The summed E-state index contributed by atoms with van der Waals surface area (Å²) in [6, 6.07) is 5.99. The number of aromatic carboxylic acids is 1. The Kier molecular flexibility index (Phi) is 3.83. The molecule has 0 radical (unpaired) electrons. The maximum absolute atomic E-state index is 12.5. The molecule has 0 atom stereocenters. The Hall–Kier alpha value is -2.58. The first-order valence-corrected chi connectivity index (χ1v) is 5.70. The van der Waals surface area contributed by atoms with Crippen LogP contribution in [-0.2, 0) is 6.54 Å². The van der Waals surface area contributed by atoms with Crippen LogP contribution in [-0.4, -0.2) is 39.4 Å². The van der Waals surface area contributed by atoms with Crippen molar-refractivity contribution in [3.63, 3.8) is 0 Å². The second kappa shape index (κ2) is 5.43. The number of alkyl halides is 3. The molecule has 1 heterocycles. The molecule has 2 rings (SSSR count). The van der Waals surface area contributed by atoms with Gasteiger partial charge < -0.3 is 9.84 Å². The van der Waals surface area contributed by atoms with Crippen molar-refractivity contribution in [1.82, 2.24) is 15.0 Å². The SMILES string of the molecule is COc1cccc(-c2c(C(=O)O)nnn2CC(F)(F)F)c1. The molecule has 0 aliphatic heterocycles. The van der Waals surface area contributed by atoms with Gasteiger partial charge in [-0.15, -0.1) is 5.10 Å². The van der Waals surface area contributed by atoms with E-state index in [1.165, 1.54) is 25.3 Å². The molecule has 21 heavy (non-hydrogen) atoms. The zero-order valence-electron chi connectivity index (χ0n) is 10.8. The minimum Gasteiger partial charge on any atom is -0.497 e. The number of carbonyl (C=O) groups is 1. The van der Waals surface area contributed by atoms with E-state index in [2.05, 4.69) is 10.3 Å². The third kappa shape index (κ3) is 3.30. The Bertz CT molecular complexity index is 667. The fourth-order valence-electron chi connectivity index (χ4n) is 1.79. The number of hydrogen-bond donors (Lipinski definition) is 1. The molecular weight excluding hydrogens is 291 g/mol. The number of halogens is 3. The number of benzene rings is 1. The largest absolute Gasteiger partial charge is 0.497 e. The maximum Gasteiger partial charge on any atom is 0.408 e. The number of carboxylic acid groups (broad SMARTS) is 1. The second-order valence-electron chi connectivity index (χ2n) is 4.10. The molecule has 0 amide bonds. The Morgan fingerprint density at radius 2 is 2.14 bits per heavy atom. The topological polar surface area (TPSA) is 77.2 Å². The van der Waals surface area contributed by atoms with E-state index in [0.717, 1.165) is 0 Å². The van der Waals surface area contributed by atoms with Crippen LogP contribution in [0.1, 0.15) is 10.5 Å². The predicted octanol–water partition coefficient (Wildman–Crippen LogP) is 2.21. The fraction of sp³-hybridized carbons (Fsp3) is 0.250. The van der Waals surface area contributed by atoms with Crippen LogP contribution >= 0.6 is 0 Å². The number of rotatable bonds is 4. The average Bonchev–Trinajstić information content (AvgIpc) is 2.80. The van der Waals surface area contributed by atoms with Crippen LogP contribution in [0.2, 0.25) is 0 Å². The molecule has 0 bridgehead atoms. The molecule has 112 valence electrons. The van der Waals surface area contributed by atoms with E-state index in [0.29, 0.717) is 10.4 Å². The third-order valence-corrected chi connectivity index (χ3v) is 2.61. The monoisotopic (exact) mass is 301 g/mol. The summed E-state index contributed by atoms with van der Waals surface area (Å²) < 4.78 is 43.1. The first-order chi connectivity index (χ1) is 9.81. The van der Waals surface area contributed by atoms with Gasteiger partial charge in [0.1, 0.15) is 18.0 Å². The van der Waals surface area contributed by atoms with E-state index in [9.17, 15) is 18.0 Å². The minimum absolute atomic E-state index is 0.223. The van der Waals surface area contributed by atoms with Gasteiger partial charge in [0, 0.05) is 5.56 Å². The highest BCUT2D eigenvalue weighted by Crippen LogP contribution is 2.28. The molecule has 9 heteroatoms. The van der Waals surface area contributed by atoms with Crippen molar-refractivity contribution >= 4 is 5.97 Å². The zero-order chi connectivity index (χ0) is 15.6. The van der Waals surface area contributed by atoms with Crippen LogP contribution in [0.5, 0.6) is 5.75 Å². The Balaban J connectivity index is 2.57. The summed E-state index contributed by atoms with van der Waals surface area (Å²) in [5.41, 5.74) is -0.549. The van der Waals surface area contributed by atoms with Crippen molar-refractivity contribution in [2.24, 2.45) is 0 Å². The molecule has 1 aromatic carbocycles. The molecular formula is C12H10F3N3O3. The van der Waals surface area contributed by atoms with E-state index in [4.69, 9.17) is 9.84 Å². The average molecular weight is 301 g/mol. The van der Waals surface area contributed by atoms with Crippen LogP contribution < -0.4 is 4.74 Å². The van der Waals surface area contributed by atoms with Crippen LogP contribution in [0, 0.1) is 0 Å². The molecule has 0 fully saturated rings. The van der Waals surface area contributed by atoms with Crippen LogP contribution in [0.4, 0.5) is 13.2 Å². The van der Waals surface area contributed by atoms with E-state index >= 15 is 0 Å². The van der Waals surface area contributed by atoms with E-state index in [-0.39, 0.29) is 11.3 Å². The Morgan fingerprint density at radius 1 is 1.43 bits per heavy atom. The van der Waals surface area contributed by atoms with Gasteiger partial charge in [-0.25, -0.2) is 9.48 Å². The summed E-state index contributed by atoms with van der Waals surface area (Å²) in [7, 11) is 1.39. The summed E-state index contributed by atoms with van der Waals surface area (Å²) >= 11 is 0. The lowest BCUT2D eigenvalue weighted by molar-refractivity contribution is -0.142. The third-order valence-electron chi connectivity index (χ3n) is 2.61. The van der Waals surface area contributed by atoms with Gasteiger partial charge in [-0.1, -0.05) is 17.3 Å². The van der Waals surface area contributed by atoms with Crippen molar-refractivity contribution in [2.45, 2.75) is 12.7 Å². The second-order valence-corrected chi connectivity index (χ2v) is 4.10. The minimum atomic E-state index is -4.54. The van der Waals surface area contributed by atoms with Crippen LogP contribution in [0.15, 0.2) is 24.3 Å². The van der Waals surface area contributed by atoms with Crippen molar-refractivity contribution in [3.8, 4) is 17.0 Å². The van der Waals surface area contributed by atoms with Gasteiger partial charge in [-0.2, -0.15) is 13.2 Å². The summed E-state index contributed by atoms with van der Waals surface area (Å²) in [6.07, 6.45) is -4.54. The standard InChI is InChI=1S/C12H10F3N3O3/c1-21-8-4-2-3-7(5-8)10-9(11(19)20)16-17-18(10)6-12(13,14)15/h2-5H,6H2,1H3,(H,19,20). The fourth-order valence-corrected chi connectivity index (χ4v) is 1.79. The molecule has 1 N–H and O–H groups in total.